The molecule has 5 nitrogen and oxygen atoms in total. The molecule has 1 rings (SSSR count). The Morgan fingerprint density at radius 2 is 1.88 bits per heavy atom. The first-order valence-corrected chi connectivity index (χ1v) is 4.81. The molecule has 0 atom stereocenters. The quantitative estimate of drug-likeness (QED) is 0.747. The highest BCUT2D eigenvalue weighted by atomic mass is 32.1. The second-order valence-corrected chi connectivity index (χ2v) is 3.41. The molecular weight excluding hydrogens is 228 g/mol. The Morgan fingerprint density at radius 1 is 1.31 bits per heavy atom. The monoisotopic (exact) mass is 238 g/mol. The molecule has 0 radical (unpaired) electrons. The van der Waals surface area contributed by atoms with Gasteiger partial charge < -0.3 is 10.8 Å². The van der Waals surface area contributed by atoms with Gasteiger partial charge in [0.2, 0.25) is 0 Å². The number of carboxylic acids is 1. The molecule has 0 aliphatic rings. The lowest BCUT2D eigenvalue weighted by Gasteiger charge is -2.18. The van der Waals surface area contributed by atoms with E-state index in [2.05, 4.69) is 12.2 Å². The zero-order valence-electron chi connectivity index (χ0n) is 8.29. The van der Waals surface area contributed by atoms with E-state index in [9.17, 15) is 9.59 Å². The maximum Gasteiger partial charge on any atom is 0.323 e. The van der Waals surface area contributed by atoms with Crippen molar-refractivity contribution in [3.05, 3.63) is 35.9 Å². The molecule has 0 aromatic heterocycles. The minimum absolute atomic E-state index is 0.253. The number of benzene rings is 1. The van der Waals surface area contributed by atoms with E-state index in [1.165, 1.54) is 0 Å². The maximum atomic E-state index is 11.8. The van der Waals surface area contributed by atoms with E-state index in [0.717, 1.165) is 4.90 Å². The summed E-state index contributed by atoms with van der Waals surface area (Å²) in [6.45, 7) is -0.539. The Labute approximate surface area is 97.5 Å². The fourth-order valence-electron chi connectivity index (χ4n) is 1.12. The number of amides is 1. The van der Waals surface area contributed by atoms with Crippen LogP contribution in [0.4, 0.5) is 0 Å². The molecule has 0 saturated carbocycles. The Bertz CT molecular complexity index is 419. The van der Waals surface area contributed by atoms with Crippen LogP contribution in [0.25, 0.3) is 0 Å². The van der Waals surface area contributed by atoms with Crippen LogP contribution in [0.15, 0.2) is 30.3 Å². The van der Waals surface area contributed by atoms with Crippen molar-refractivity contribution in [3.8, 4) is 0 Å². The third kappa shape index (κ3) is 3.03. The van der Waals surface area contributed by atoms with Crippen LogP contribution in [0.2, 0.25) is 0 Å². The van der Waals surface area contributed by atoms with Crippen LogP contribution in [0, 0.1) is 0 Å². The van der Waals surface area contributed by atoms with Crippen molar-refractivity contribution in [3.63, 3.8) is 0 Å². The summed E-state index contributed by atoms with van der Waals surface area (Å²) in [5, 5.41) is 8.37. The van der Waals surface area contributed by atoms with Crippen LogP contribution in [0.5, 0.6) is 0 Å². The fraction of sp³-hybridized carbons (Fsp3) is 0.100. The topological polar surface area (TPSA) is 83.6 Å². The largest absolute Gasteiger partial charge is 0.480 e. The molecule has 0 spiro atoms. The number of thiocarbonyl (C=S) groups is 1. The SMILES string of the molecule is NC(=S)N(CC(=O)O)C(=O)c1ccccc1. The van der Waals surface area contributed by atoms with Crippen LogP contribution in [0.1, 0.15) is 10.4 Å². The van der Waals surface area contributed by atoms with Gasteiger partial charge in [0.15, 0.2) is 5.11 Å². The van der Waals surface area contributed by atoms with Gasteiger partial charge in [-0.1, -0.05) is 18.2 Å². The van der Waals surface area contributed by atoms with Gasteiger partial charge in [-0.25, -0.2) is 0 Å². The highest BCUT2D eigenvalue weighted by Crippen LogP contribution is 2.04. The molecule has 84 valence electrons. The van der Waals surface area contributed by atoms with Crippen molar-refractivity contribution >= 4 is 29.2 Å². The summed E-state index contributed by atoms with van der Waals surface area (Å²) < 4.78 is 0. The van der Waals surface area contributed by atoms with E-state index in [0.29, 0.717) is 5.56 Å². The number of hydrogen-bond donors (Lipinski definition) is 2. The normalized spacial score (nSPS) is 9.50. The number of nitrogens with two attached hydrogens (primary N) is 1. The molecule has 1 amide bonds. The molecule has 0 aliphatic heterocycles. The molecule has 0 saturated heterocycles. The maximum absolute atomic E-state index is 11.8. The van der Waals surface area contributed by atoms with E-state index >= 15 is 0 Å². The Balaban J connectivity index is 2.92. The van der Waals surface area contributed by atoms with Gasteiger partial charge in [-0.2, -0.15) is 0 Å². The minimum atomic E-state index is -1.17. The zero-order valence-corrected chi connectivity index (χ0v) is 9.11. The van der Waals surface area contributed by atoms with E-state index in [1.54, 1.807) is 30.3 Å². The summed E-state index contributed by atoms with van der Waals surface area (Å²) in [5.74, 6) is -1.69. The molecule has 1 aromatic rings. The van der Waals surface area contributed by atoms with Crippen molar-refractivity contribution in [2.75, 3.05) is 6.54 Å². The van der Waals surface area contributed by atoms with Crippen molar-refractivity contribution in [2.24, 2.45) is 5.73 Å². The van der Waals surface area contributed by atoms with Crippen LogP contribution in [-0.2, 0) is 4.79 Å². The van der Waals surface area contributed by atoms with E-state index < -0.39 is 18.4 Å². The minimum Gasteiger partial charge on any atom is -0.480 e. The lowest BCUT2D eigenvalue weighted by atomic mass is 10.2. The lowest BCUT2D eigenvalue weighted by molar-refractivity contribution is -0.137. The van der Waals surface area contributed by atoms with E-state index in [4.69, 9.17) is 10.8 Å². The van der Waals surface area contributed by atoms with Gasteiger partial charge >= 0.3 is 5.97 Å². The average molecular weight is 238 g/mol. The third-order valence-electron chi connectivity index (χ3n) is 1.83. The average Bonchev–Trinajstić information content (AvgIpc) is 2.25. The van der Waals surface area contributed by atoms with Gasteiger partial charge in [0, 0.05) is 5.56 Å². The second-order valence-electron chi connectivity index (χ2n) is 2.99. The molecule has 0 aliphatic carbocycles. The Kier molecular flexibility index (Phi) is 3.96. The number of hydrogen-bond acceptors (Lipinski definition) is 3. The van der Waals surface area contributed by atoms with Crippen molar-refractivity contribution < 1.29 is 14.7 Å². The second kappa shape index (κ2) is 5.22. The summed E-state index contributed by atoms with van der Waals surface area (Å²) in [5.41, 5.74) is 5.64. The van der Waals surface area contributed by atoms with Gasteiger partial charge in [0.05, 0.1) is 0 Å². The summed E-state index contributed by atoms with van der Waals surface area (Å²) in [6.07, 6.45) is 0. The molecule has 3 N–H and O–H groups in total. The van der Waals surface area contributed by atoms with Gasteiger partial charge in [0.1, 0.15) is 6.54 Å². The lowest BCUT2D eigenvalue weighted by Crippen LogP contribution is -2.43. The summed E-state index contributed by atoms with van der Waals surface area (Å²) in [6, 6.07) is 8.22. The smallest absolute Gasteiger partial charge is 0.323 e. The number of nitrogens with zero attached hydrogens (tertiary/aromatic N) is 1. The molecule has 1 aromatic carbocycles. The highest BCUT2D eigenvalue weighted by molar-refractivity contribution is 7.80. The van der Waals surface area contributed by atoms with Crippen LogP contribution in [-0.4, -0.2) is 33.5 Å². The van der Waals surface area contributed by atoms with Crippen molar-refractivity contribution in [2.45, 2.75) is 0 Å². The van der Waals surface area contributed by atoms with Gasteiger partial charge in [-0.3, -0.25) is 14.5 Å². The Hall–Kier alpha value is -1.95. The first-order chi connectivity index (χ1) is 7.52. The van der Waals surface area contributed by atoms with Crippen LogP contribution in [0.3, 0.4) is 0 Å². The number of carbonyl (C=O) groups is 2. The summed E-state index contributed by atoms with van der Waals surface area (Å²) in [7, 11) is 0. The number of rotatable bonds is 3. The molecular formula is C10H10N2O3S. The standard InChI is InChI=1S/C10H10N2O3S/c11-10(16)12(6-8(13)14)9(15)7-4-2-1-3-5-7/h1-5H,6H2,(H2,11,16)(H,13,14). The van der Waals surface area contributed by atoms with E-state index in [1.807, 2.05) is 0 Å². The molecule has 0 heterocycles. The molecule has 0 bridgehead atoms. The van der Waals surface area contributed by atoms with Gasteiger partial charge in [0.25, 0.3) is 5.91 Å². The fourth-order valence-corrected chi connectivity index (χ4v) is 1.27. The summed E-state index contributed by atoms with van der Waals surface area (Å²) >= 11 is 4.63. The Morgan fingerprint density at radius 3 is 2.31 bits per heavy atom. The molecule has 0 unspecified atom stereocenters. The van der Waals surface area contributed by atoms with Gasteiger partial charge in [-0.15, -0.1) is 0 Å². The third-order valence-corrected chi connectivity index (χ3v) is 2.05. The predicted octanol–water partition coefficient (Wildman–Crippen LogP) is 0.457. The number of carboxylic acid groups (broad SMARTS) is 1. The van der Waals surface area contributed by atoms with Crippen molar-refractivity contribution in [1.82, 2.24) is 4.90 Å². The highest BCUT2D eigenvalue weighted by Gasteiger charge is 2.20. The predicted molar refractivity (Wildman–Crippen MR) is 61.9 cm³/mol. The molecule has 0 fully saturated rings. The number of aliphatic carboxylic acids is 1. The van der Waals surface area contributed by atoms with E-state index in [-0.39, 0.29) is 5.11 Å². The van der Waals surface area contributed by atoms with Crippen molar-refractivity contribution in [1.29, 1.82) is 0 Å². The van der Waals surface area contributed by atoms with Crippen LogP contribution >= 0.6 is 12.2 Å². The zero-order chi connectivity index (χ0) is 12.1. The van der Waals surface area contributed by atoms with Gasteiger partial charge in [-0.05, 0) is 24.4 Å². The number of carbonyl (C=O) groups excluding carboxylic acids is 1. The summed E-state index contributed by atoms with van der Waals surface area (Å²) in [4.78, 5) is 23.2. The molecule has 6 heteroatoms. The first kappa shape index (κ1) is 12.1. The first-order valence-electron chi connectivity index (χ1n) is 4.40. The molecule has 16 heavy (non-hydrogen) atoms. The van der Waals surface area contributed by atoms with Crippen LogP contribution < -0.4 is 5.73 Å².